The van der Waals surface area contributed by atoms with Gasteiger partial charge in [0.05, 0.1) is 23.7 Å². The summed E-state index contributed by atoms with van der Waals surface area (Å²) in [6.45, 7) is 2.01. The topological polar surface area (TPSA) is 76.9 Å². The molecule has 0 aliphatic heterocycles. The Labute approximate surface area is 145 Å². The summed E-state index contributed by atoms with van der Waals surface area (Å²) in [7, 11) is 0. The van der Waals surface area contributed by atoms with Crippen molar-refractivity contribution < 1.29 is 4.79 Å². The van der Waals surface area contributed by atoms with E-state index in [9.17, 15) is 9.59 Å². The molecule has 0 fully saturated rings. The Morgan fingerprint density at radius 2 is 2.04 bits per heavy atom. The third kappa shape index (κ3) is 4.29. The van der Waals surface area contributed by atoms with Crippen LogP contribution in [0.3, 0.4) is 0 Å². The third-order valence-corrected chi connectivity index (χ3v) is 3.91. The van der Waals surface area contributed by atoms with Gasteiger partial charge in [-0.05, 0) is 25.0 Å². The molecule has 2 heterocycles. The Bertz CT molecular complexity index is 949. The first kappa shape index (κ1) is 16.8. The summed E-state index contributed by atoms with van der Waals surface area (Å²) in [4.78, 5) is 32.8. The molecule has 0 saturated heterocycles. The number of pyridine rings is 1. The fourth-order valence-electron chi connectivity index (χ4n) is 2.57. The molecule has 0 aliphatic rings. The Morgan fingerprint density at radius 1 is 1.20 bits per heavy atom. The molecule has 0 radical (unpaired) electrons. The lowest BCUT2D eigenvalue weighted by atomic mass is 10.2. The van der Waals surface area contributed by atoms with E-state index in [4.69, 9.17) is 0 Å². The van der Waals surface area contributed by atoms with Gasteiger partial charge in [-0.15, -0.1) is 0 Å². The van der Waals surface area contributed by atoms with Crippen molar-refractivity contribution >= 4 is 22.5 Å². The lowest BCUT2D eigenvalue weighted by Gasteiger charge is -2.08. The quantitative estimate of drug-likeness (QED) is 0.751. The van der Waals surface area contributed by atoms with E-state index in [-0.39, 0.29) is 18.0 Å². The number of carbonyl (C=O) groups is 1. The second-order valence-electron chi connectivity index (χ2n) is 5.91. The van der Waals surface area contributed by atoms with Crippen LogP contribution in [0.4, 0.5) is 5.69 Å². The molecule has 0 spiro atoms. The van der Waals surface area contributed by atoms with Crippen molar-refractivity contribution in [1.82, 2.24) is 14.5 Å². The van der Waals surface area contributed by atoms with Crippen LogP contribution in [0.25, 0.3) is 10.9 Å². The van der Waals surface area contributed by atoms with Gasteiger partial charge in [0.15, 0.2) is 0 Å². The monoisotopic (exact) mass is 336 g/mol. The van der Waals surface area contributed by atoms with Crippen molar-refractivity contribution in [2.24, 2.45) is 0 Å². The first-order valence-electron chi connectivity index (χ1n) is 8.35. The largest absolute Gasteiger partial charge is 0.323 e. The fourth-order valence-corrected chi connectivity index (χ4v) is 2.57. The van der Waals surface area contributed by atoms with Gasteiger partial charge in [0.1, 0.15) is 6.54 Å². The van der Waals surface area contributed by atoms with Gasteiger partial charge in [0.2, 0.25) is 5.91 Å². The summed E-state index contributed by atoms with van der Waals surface area (Å²) < 4.78 is 1.30. The van der Waals surface area contributed by atoms with Crippen LogP contribution in [0.2, 0.25) is 0 Å². The summed E-state index contributed by atoms with van der Waals surface area (Å²) in [5.41, 5.74) is 2.02. The van der Waals surface area contributed by atoms with E-state index in [1.807, 2.05) is 30.3 Å². The van der Waals surface area contributed by atoms with Crippen molar-refractivity contribution in [2.75, 3.05) is 5.32 Å². The lowest BCUT2D eigenvalue weighted by molar-refractivity contribution is -0.116. The molecule has 1 amide bonds. The number of benzene rings is 1. The molecule has 1 N–H and O–H groups in total. The molecule has 2 aromatic heterocycles. The Kier molecular flexibility index (Phi) is 5.18. The van der Waals surface area contributed by atoms with Gasteiger partial charge in [0.25, 0.3) is 5.56 Å². The van der Waals surface area contributed by atoms with Crippen molar-refractivity contribution in [1.29, 1.82) is 0 Å². The number of rotatable bonds is 6. The number of unbranched alkanes of at least 4 members (excludes halogenated alkanes) is 1. The van der Waals surface area contributed by atoms with Gasteiger partial charge in [-0.25, -0.2) is 4.98 Å². The van der Waals surface area contributed by atoms with E-state index in [1.54, 1.807) is 6.20 Å². The second kappa shape index (κ2) is 7.70. The minimum atomic E-state index is -0.290. The molecular formula is C19H20N4O2. The average Bonchev–Trinajstić information content (AvgIpc) is 2.62. The van der Waals surface area contributed by atoms with Crippen molar-refractivity contribution in [3.8, 4) is 0 Å². The Hall–Kier alpha value is -3.02. The highest BCUT2D eigenvalue weighted by atomic mass is 16.2. The molecule has 6 heteroatoms. The van der Waals surface area contributed by atoms with Crippen LogP contribution in [0.1, 0.15) is 25.5 Å². The van der Waals surface area contributed by atoms with E-state index >= 15 is 0 Å². The number of hydrogen-bond acceptors (Lipinski definition) is 4. The third-order valence-electron chi connectivity index (χ3n) is 3.91. The summed E-state index contributed by atoms with van der Waals surface area (Å²) in [5.74, 6) is -0.290. The summed E-state index contributed by atoms with van der Waals surface area (Å²) >= 11 is 0. The molecule has 0 bridgehead atoms. The van der Waals surface area contributed by atoms with Gasteiger partial charge in [-0.2, -0.15) is 0 Å². The number of fused-ring (bicyclic) bond motifs is 1. The van der Waals surface area contributed by atoms with Crippen LogP contribution in [-0.2, 0) is 17.8 Å². The molecule has 0 unspecified atom stereocenters. The molecule has 128 valence electrons. The molecule has 25 heavy (non-hydrogen) atoms. The van der Waals surface area contributed by atoms with Crippen LogP contribution < -0.4 is 10.9 Å². The number of nitrogens with one attached hydrogen (secondary N) is 1. The summed E-state index contributed by atoms with van der Waals surface area (Å²) in [6.07, 6.45) is 5.86. The summed E-state index contributed by atoms with van der Waals surface area (Å²) in [5, 5.41) is 3.71. The van der Waals surface area contributed by atoms with Crippen LogP contribution in [0.15, 0.2) is 53.7 Å². The van der Waals surface area contributed by atoms with Crippen LogP contribution in [0.5, 0.6) is 0 Å². The molecular weight excluding hydrogens is 316 g/mol. The number of amides is 1. The average molecular weight is 336 g/mol. The highest BCUT2D eigenvalue weighted by molar-refractivity contribution is 5.92. The first-order chi connectivity index (χ1) is 12.2. The molecule has 3 rings (SSSR count). The minimum Gasteiger partial charge on any atom is -0.323 e. The zero-order chi connectivity index (χ0) is 17.6. The number of aromatic nitrogens is 3. The van der Waals surface area contributed by atoms with Crippen molar-refractivity contribution in [3.05, 3.63) is 65.0 Å². The zero-order valence-electron chi connectivity index (χ0n) is 14.1. The molecule has 6 nitrogen and oxygen atoms in total. The number of nitrogens with zero attached hydrogens (tertiary/aromatic N) is 3. The second-order valence-corrected chi connectivity index (χ2v) is 5.91. The maximum Gasteiger partial charge on any atom is 0.253 e. The van der Waals surface area contributed by atoms with Crippen molar-refractivity contribution in [2.45, 2.75) is 32.7 Å². The molecule has 0 atom stereocenters. The maximum absolute atomic E-state index is 12.2. The van der Waals surface area contributed by atoms with E-state index in [2.05, 4.69) is 22.2 Å². The van der Waals surface area contributed by atoms with Gasteiger partial charge in [-0.3, -0.25) is 19.1 Å². The number of para-hydroxylation sites is 1. The maximum atomic E-state index is 12.2. The van der Waals surface area contributed by atoms with Crippen LogP contribution >= 0.6 is 0 Å². The van der Waals surface area contributed by atoms with E-state index < -0.39 is 0 Å². The highest BCUT2D eigenvalue weighted by Crippen LogP contribution is 2.15. The van der Waals surface area contributed by atoms with Gasteiger partial charge in [0, 0.05) is 17.1 Å². The lowest BCUT2D eigenvalue weighted by Crippen LogP contribution is -2.27. The predicted octanol–water partition coefficient (Wildman–Crippen LogP) is 2.77. The number of carbonyl (C=O) groups excluding carboxylic acids is 1. The standard InChI is InChI=1S/C19H20N4O2/c1-2-3-7-15-10-19(25)23(13-21-15)12-18(24)22-16-9-14-6-4-5-8-17(14)20-11-16/h4-6,8-11,13H,2-3,7,12H2,1H3,(H,22,24). The van der Waals surface area contributed by atoms with E-state index in [0.717, 1.165) is 35.9 Å². The minimum absolute atomic E-state index is 0.0767. The predicted molar refractivity (Wildman–Crippen MR) is 97.5 cm³/mol. The SMILES string of the molecule is CCCCc1cc(=O)n(CC(=O)Nc2cnc3ccccc3c2)cn1. The van der Waals surface area contributed by atoms with E-state index in [0.29, 0.717) is 5.69 Å². The summed E-state index contributed by atoms with van der Waals surface area (Å²) in [6, 6.07) is 11.0. The highest BCUT2D eigenvalue weighted by Gasteiger charge is 2.07. The smallest absolute Gasteiger partial charge is 0.253 e. The molecule has 1 aromatic carbocycles. The van der Waals surface area contributed by atoms with Gasteiger partial charge in [-0.1, -0.05) is 31.5 Å². The van der Waals surface area contributed by atoms with Crippen molar-refractivity contribution in [3.63, 3.8) is 0 Å². The zero-order valence-corrected chi connectivity index (χ0v) is 14.1. The van der Waals surface area contributed by atoms with Gasteiger partial charge < -0.3 is 5.32 Å². The number of hydrogen-bond donors (Lipinski definition) is 1. The van der Waals surface area contributed by atoms with Crippen LogP contribution in [-0.4, -0.2) is 20.4 Å². The normalized spacial score (nSPS) is 10.8. The number of anilines is 1. The molecule has 0 aliphatic carbocycles. The molecule has 0 saturated carbocycles. The van der Waals surface area contributed by atoms with Gasteiger partial charge >= 0.3 is 0 Å². The van der Waals surface area contributed by atoms with Crippen LogP contribution in [0, 0.1) is 0 Å². The fraction of sp³-hybridized carbons (Fsp3) is 0.263. The first-order valence-corrected chi connectivity index (χ1v) is 8.35. The number of aryl methyl sites for hydroxylation is 1. The Morgan fingerprint density at radius 3 is 2.84 bits per heavy atom. The van der Waals surface area contributed by atoms with E-state index in [1.165, 1.54) is 17.0 Å². The Balaban J connectivity index is 1.68. The molecule has 3 aromatic rings.